The highest BCUT2D eigenvalue weighted by molar-refractivity contribution is 6.04. The number of halogens is 2. The van der Waals surface area contributed by atoms with Crippen molar-refractivity contribution in [1.29, 1.82) is 0 Å². The van der Waals surface area contributed by atoms with Gasteiger partial charge in [0.25, 0.3) is 5.91 Å². The van der Waals surface area contributed by atoms with E-state index >= 15 is 0 Å². The van der Waals surface area contributed by atoms with Crippen LogP contribution >= 0.6 is 0 Å². The van der Waals surface area contributed by atoms with Crippen LogP contribution in [0.1, 0.15) is 10.4 Å². The fourth-order valence-corrected chi connectivity index (χ4v) is 2.16. The summed E-state index contributed by atoms with van der Waals surface area (Å²) in [6.45, 7) is 0. The van der Waals surface area contributed by atoms with Crippen molar-refractivity contribution in [2.24, 2.45) is 0 Å². The van der Waals surface area contributed by atoms with Crippen LogP contribution in [-0.2, 0) is 0 Å². The molecule has 2 N–H and O–H groups in total. The van der Waals surface area contributed by atoms with E-state index in [1.54, 1.807) is 42.5 Å². The van der Waals surface area contributed by atoms with Gasteiger partial charge in [-0.1, -0.05) is 12.1 Å². The van der Waals surface area contributed by atoms with Gasteiger partial charge in [0.1, 0.15) is 11.6 Å². The first-order valence-electron chi connectivity index (χ1n) is 7.30. The number of para-hydroxylation sites is 1. The molecule has 1 amide bonds. The summed E-state index contributed by atoms with van der Waals surface area (Å²) in [6.07, 6.45) is 0. The number of amides is 1. The van der Waals surface area contributed by atoms with E-state index < -0.39 is 5.82 Å². The number of nitrogens with one attached hydrogen (secondary N) is 2. The van der Waals surface area contributed by atoms with Crippen molar-refractivity contribution in [3.8, 4) is 0 Å². The number of hydrogen-bond acceptors (Lipinski definition) is 2. The van der Waals surface area contributed by atoms with Crippen molar-refractivity contribution in [3.63, 3.8) is 0 Å². The van der Waals surface area contributed by atoms with Gasteiger partial charge in [-0.25, -0.2) is 8.78 Å². The predicted molar refractivity (Wildman–Crippen MR) is 90.5 cm³/mol. The van der Waals surface area contributed by atoms with Crippen molar-refractivity contribution in [2.45, 2.75) is 0 Å². The summed E-state index contributed by atoms with van der Waals surface area (Å²) in [4.78, 5) is 12.0. The fraction of sp³-hybridized carbons (Fsp3) is 0. The van der Waals surface area contributed by atoms with E-state index in [0.717, 1.165) is 0 Å². The quantitative estimate of drug-likeness (QED) is 0.712. The Kier molecular flexibility index (Phi) is 4.52. The van der Waals surface area contributed by atoms with Crippen LogP contribution in [0.4, 0.5) is 25.8 Å². The standard InChI is InChI=1S/C19H14F2N2O/c20-14-7-5-13(6-8-14)19(24)23-16-11-9-15(10-12-16)22-18-4-2-1-3-17(18)21/h1-12,22H,(H,23,24). The first-order valence-corrected chi connectivity index (χ1v) is 7.30. The maximum Gasteiger partial charge on any atom is 0.255 e. The van der Waals surface area contributed by atoms with E-state index in [-0.39, 0.29) is 11.7 Å². The Labute approximate surface area is 138 Å². The molecule has 0 bridgehead atoms. The molecule has 5 heteroatoms. The van der Waals surface area contributed by atoms with Gasteiger partial charge in [0.15, 0.2) is 0 Å². The number of benzene rings is 3. The van der Waals surface area contributed by atoms with Gasteiger partial charge < -0.3 is 10.6 Å². The lowest BCUT2D eigenvalue weighted by Crippen LogP contribution is -2.11. The molecule has 0 unspecified atom stereocenters. The fourth-order valence-electron chi connectivity index (χ4n) is 2.16. The second-order valence-corrected chi connectivity index (χ2v) is 5.14. The highest BCUT2D eigenvalue weighted by Crippen LogP contribution is 2.21. The summed E-state index contributed by atoms with van der Waals surface area (Å²) in [5, 5.41) is 5.68. The molecule has 0 heterocycles. The minimum absolute atomic E-state index is 0.329. The van der Waals surface area contributed by atoms with Gasteiger partial charge in [-0.15, -0.1) is 0 Å². The highest BCUT2D eigenvalue weighted by Gasteiger charge is 2.06. The van der Waals surface area contributed by atoms with Gasteiger partial charge in [-0.05, 0) is 60.7 Å². The SMILES string of the molecule is O=C(Nc1ccc(Nc2ccccc2F)cc1)c1ccc(F)cc1. The van der Waals surface area contributed by atoms with Gasteiger partial charge in [0.2, 0.25) is 0 Å². The molecule has 0 saturated heterocycles. The minimum Gasteiger partial charge on any atom is -0.353 e. The maximum absolute atomic E-state index is 13.6. The summed E-state index contributed by atoms with van der Waals surface area (Å²) >= 11 is 0. The Bertz CT molecular complexity index is 846. The predicted octanol–water partition coefficient (Wildman–Crippen LogP) is 4.96. The summed E-state index contributed by atoms with van der Waals surface area (Å²) in [7, 11) is 0. The van der Waals surface area contributed by atoms with Crippen LogP contribution in [0.2, 0.25) is 0 Å². The zero-order chi connectivity index (χ0) is 16.9. The molecular weight excluding hydrogens is 310 g/mol. The molecule has 0 spiro atoms. The zero-order valence-corrected chi connectivity index (χ0v) is 12.6. The lowest BCUT2D eigenvalue weighted by Gasteiger charge is -2.09. The Hall–Kier alpha value is -3.21. The molecule has 3 nitrogen and oxygen atoms in total. The smallest absolute Gasteiger partial charge is 0.255 e. The Balaban J connectivity index is 1.67. The molecule has 0 radical (unpaired) electrons. The number of carbonyl (C=O) groups excluding carboxylic acids is 1. The van der Waals surface area contributed by atoms with E-state index in [1.807, 2.05) is 0 Å². The maximum atomic E-state index is 13.6. The summed E-state index contributed by atoms with van der Waals surface area (Å²) in [6, 6.07) is 18.5. The zero-order valence-electron chi connectivity index (χ0n) is 12.6. The molecule has 3 aromatic carbocycles. The lowest BCUT2D eigenvalue weighted by atomic mass is 10.2. The molecule has 0 saturated carbocycles. The van der Waals surface area contributed by atoms with Crippen LogP contribution in [0.15, 0.2) is 72.8 Å². The molecule has 120 valence electrons. The number of hydrogen-bond donors (Lipinski definition) is 2. The van der Waals surface area contributed by atoms with Gasteiger partial charge in [-0.3, -0.25) is 4.79 Å². The van der Waals surface area contributed by atoms with Gasteiger partial charge in [0, 0.05) is 16.9 Å². The molecule has 0 aliphatic heterocycles. The molecule has 3 aromatic rings. The van der Waals surface area contributed by atoms with Gasteiger partial charge in [0.05, 0.1) is 5.69 Å². The van der Waals surface area contributed by atoms with Crippen molar-refractivity contribution in [3.05, 3.63) is 90.0 Å². The Morgan fingerprint density at radius 3 is 2.04 bits per heavy atom. The molecule has 0 aliphatic carbocycles. The van der Waals surface area contributed by atoms with Crippen LogP contribution in [-0.4, -0.2) is 5.91 Å². The number of rotatable bonds is 4. The molecular formula is C19H14F2N2O. The second-order valence-electron chi connectivity index (χ2n) is 5.14. The first-order chi connectivity index (χ1) is 11.6. The monoisotopic (exact) mass is 324 g/mol. The van der Waals surface area contributed by atoms with Crippen molar-refractivity contribution < 1.29 is 13.6 Å². The average molecular weight is 324 g/mol. The van der Waals surface area contributed by atoms with Crippen LogP contribution in [0, 0.1) is 11.6 Å². The molecule has 0 fully saturated rings. The second kappa shape index (κ2) is 6.91. The number of anilines is 3. The summed E-state index contributed by atoms with van der Waals surface area (Å²) in [5.41, 5.74) is 2.02. The molecule has 0 aromatic heterocycles. The van der Waals surface area contributed by atoms with E-state index in [2.05, 4.69) is 10.6 Å². The van der Waals surface area contributed by atoms with Gasteiger partial charge >= 0.3 is 0 Å². The van der Waals surface area contributed by atoms with E-state index in [0.29, 0.717) is 22.6 Å². The minimum atomic E-state index is -0.393. The van der Waals surface area contributed by atoms with Crippen LogP contribution in [0.5, 0.6) is 0 Å². The molecule has 3 rings (SSSR count). The Morgan fingerprint density at radius 1 is 0.750 bits per heavy atom. The average Bonchev–Trinajstić information content (AvgIpc) is 2.59. The van der Waals surface area contributed by atoms with Crippen LogP contribution < -0.4 is 10.6 Å². The van der Waals surface area contributed by atoms with Crippen molar-refractivity contribution >= 4 is 23.0 Å². The first kappa shape index (κ1) is 15.7. The third-order valence-electron chi connectivity index (χ3n) is 3.40. The van der Waals surface area contributed by atoms with Crippen molar-refractivity contribution in [1.82, 2.24) is 0 Å². The van der Waals surface area contributed by atoms with Crippen molar-refractivity contribution in [2.75, 3.05) is 10.6 Å². The normalized spacial score (nSPS) is 10.2. The van der Waals surface area contributed by atoms with Crippen LogP contribution in [0.3, 0.4) is 0 Å². The van der Waals surface area contributed by atoms with Crippen LogP contribution in [0.25, 0.3) is 0 Å². The topological polar surface area (TPSA) is 41.1 Å². The third kappa shape index (κ3) is 3.76. The third-order valence-corrected chi connectivity index (χ3v) is 3.40. The lowest BCUT2D eigenvalue weighted by molar-refractivity contribution is 0.102. The molecule has 0 aliphatic rings. The van der Waals surface area contributed by atoms with E-state index in [1.165, 1.54) is 30.3 Å². The summed E-state index contributed by atoms with van der Waals surface area (Å²) < 4.78 is 26.5. The highest BCUT2D eigenvalue weighted by atomic mass is 19.1. The van der Waals surface area contributed by atoms with E-state index in [4.69, 9.17) is 0 Å². The summed E-state index contributed by atoms with van der Waals surface area (Å²) in [5.74, 6) is -1.06. The van der Waals surface area contributed by atoms with Gasteiger partial charge in [-0.2, -0.15) is 0 Å². The Morgan fingerprint density at radius 2 is 1.38 bits per heavy atom. The molecule has 0 atom stereocenters. The largest absolute Gasteiger partial charge is 0.353 e. The molecule has 24 heavy (non-hydrogen) atoms. The number of carbonyl (C=O) groups is 1. The van der Waals surface area contributed by atoms with E-state index in [9.17, 15) is 13.6 Å².